The molecule has 0 amide bonds. The first-order valence-electron chi connectivity index (χ1n) is 7.28. The highest BCUT2D eigenvalue weighted by Gasteiger charge is 2.14. The molecule has 1 heterocycles. The Morgan fingerprint density at radius 1 is 1.35 bits per heavy atom. The Kier molecular flexibility index (Phi) is 5.51. The van der Waals surface area contributed by atoms with Crippen LogP contribution in [0.15, 0.2) is 36.5 Å². The van der Waals surface area contributed by atoms with Crippen molar-refractivity contribution in [2.75, 3.05) is 19.0 Å². The van der Waals surface area contributed by atoms with Crippen molar-refractivity contribution in [3.63, 3.8) is 0 Å². The van der Waals surface area contributed by atoms with E-state index in [0.29, 0.717) is 29.3 Å². The second-order valence-electron chi connectivity index (χ2n) is 4.90. The molecule has 122 valence electrons. The standard InChI is InChI=1S/C17H19FN2O3/c1-4-23-17(21)12-5-8-16(19-10-12)20-11(2)14-9-13(18)6-7-15(14)22-3/h5-11H,4H2,1-3H3,(H,19,20)/t11-/m0/s1. The fourth-order valence-corrected chi connectivity index (χ4v) is 2.16. The Labute approximate surface area is 134 Å². The van der Waals surface area contributed by atoms with Crippen LogP contribution in [-0.2, 0) is 4.74 Å². The fourth-order valence-electron chi connectivity index (χ4n) is 2.16. The molecule has 23 heavy (non-hydrogen) atoms. The van der Waals surface area contributed by atoms with Crippen LogP contribution in [-0.4, -0.2) is 24.7 Å². The molecule has 0 aliphatic heterocycles. The number of esters is 1. The van der Waals surface area contributed by atoms with Gasteiger partial charge in [-0.25, -0.2) is 14.2 Å². The second-order valence-corrected chi connectivity index (χ2v) is 4.90. The van der Waals surface area contributed by atoms with Crippen LogP contribution in [0.25, 0.3) is 0 Å². The van der Waals surface area contributed by atoms with Gasteiger partial charge < -0.3 is 14.8 Å². The highest BCUT2D eigenvalue weighted by Crippen LogP contribution is 2.28. The Balaban J connectivity index is 2.13. The SMILES string of the molecule is CCOC(=O)c1ccc(N[C@@H](C)c2cc(F)ccc2OC)nc1. The Bertz CT molecular complexity index is 674. The summed E-state index contributed by atoms with van der Waals surface area (Å²) in [6.07, 6.45) is 1.44. The third kappa shape index (κ3) is 4.18. The first-order chi connectivity index (χ1) is 11.0. The largest absolute Gasteiger partial charge is 0.496 e. The number of hydrogen-bond acceptors (Lipinski definition) is 5. The summed E-state index contributed by atoms with van der Waals surface area (Å²) in [5.74, 6) is 0.415. The number of anilines is 1. The molecule has 2 rings (SSSR count). The summed E-state index contributed by atoms with van der Waals surface area (Å²) in [5.41, 5.74) is 1.07. The van der Waals surface area contributed by atoms with Crippen molar-refractivity contribution in [2.45, 2.75) is 19.9 Å². The van der Waals surface area contributed by atoms with Crippen LogP contribution < -0.4 is 10.1 Å². The minimum Gasteiger partial charge on any atom is -0.496 e. The molecule has 0 saturated carbocycles. The van der Waals surface area contributed by atoms with Gasteiger partial charge in [0.05, 0.1) is 25.3 Å². The van der Waals surface area contributed by atoms with Crippen LogP contribution in [0, 0.1) is 5.82 Å². The topological polar surface area (TPSA) is 60.5 Å². The molecule has 0 radical (unpaired) electrons. The van der Waals surface area contributed by atoms with E-state index in [9.17, 15) is 9.18 Å². The number of rotatable bonds is 6. The summed E-state index contributed by atoms with van der Waals surface area (Å²) in [6, 6.07) is 7.43. The minimum absolute atomic E-state index is 0.221. The molecule has 2 aromatic rings. The van der Waals surface area contributed by atoms with Gasteiger partial charge in [0.1, 0.15) is 17.4 Å². The second kappa shape index (κ2) is 7.58. The van der Waals surface area contributed by atoms with Crippen LogP contribution in [0.3, 0.4) is 0 Å². The molecule has 5 nitrogen and oxygen atoms in total. The number of pyridine rings is 1. The summed E-state index contributed by atoms with van der Waals surface area (Å²) >= 11 is 0. The quantitative estimate of drug-likeness (QED) is 0.825. The monoisotopic (exact) mass is 318 g/mol. The van der Waals surface area contributed by atoms with E-state index in [4.69, 9.17) is 9.47 Å². The van der Waals surface area contributed by atoms with Crippen molar-refractivity contribution < 1.29 is 18.7 Å². The number of carbonyl (C=O) groups excluding carboxylic acids is 1. The van der Waals surface area contributed by atoms with Crippen molar-refractivity contribution in [3.05, 3.63) is 53.5 Å². The molecule has 0 spiro atoms. The van der Waals surface area contributed by atoms with Gasteiger partial charge in [0.2, 0.25) is 0 Å². The number of methoxy groups -OCH3 is 1. The lowest BCUT2D eigenvalue weighted by molar-refractivity contribution is 0.0526. The highest BCUT2D eigenvalue weighted by molar-refractivity contribution is 5.89. The number of hydrogen-bond donors (Lipinski definition) is 1. The zero-order valence-electron chi connectivity index (χ0n) is 13.3. The zero-order valence-corrected chi connectivity index (χ0v) is 13.3. The molecule has 0 bridgehead atoms. The maximum absolute atomic E-state index is 13.4. The first-order valence-corrected chi connectivity index (χ1v) is 7.28. The molecule has 0 aliphatic rings. The van der Waals surface area contributed by atoms with E-state index >= 15 is 0 Å². The van der Waals surface area contributed by atoms with Crippen molar-refractivity contribution in [1.29, 1.82) is 0 Å². The van der Waals surface area contributed by atoms with Gasteiger partial charge in [-0.3, -0.25) is 0 Å². The molecule has 0 fully saturated rings. The van der Waals surface area contributed by atoms with Gasteiger partial charge in [-0.2, -0.15) is 0 Å². The summed E-state index contributed by atoms with van der Waals surface area (Å²) < 4.78 is 23.6. The molecule has 6 heteroatoms. The van der Waals surface area contributed by atoms with Crippen LogP contribution in [0.1, 0.15) is 35.8 Å². The molecule has 1 aromatic carbocycles. The number of ether oxygens (including phenoxy) is 2. The van der Waals surface area contributed by atoms with Crippen molar-refractivity contribution in [3.8, 4) is 5.75 Å². The third-order valence-corrected chi connectivity index (χ3v) is 3.30. The van der Waals surface area contributed by atoms with E-state index in [1.54, 1.807) is 25.1 Å². The Morgan fingerprint density at radius 3 is 2.74 bits per heavy atom. The lowest BCUT2D eigenvalue weighted by atomic mass is 10.1. The number of nitrogens with zero attached hydrogens (tertiary/aromatic N) is 1. The average Bonchev–Trinajstić information content (AvgIpc) is 2.55. The number of carbonyl (C=O) groups is 1. The van der Waals surface area contributed by atoms with Crippen LogP contribution >= 0.6 is 0 Å². The smallest absolute Gasteiger partial charge is 0.339 e. The maximum Gasteiger partial charge on any atom is 0.339 e. The predicted octanol–water partition coefficient (Wildman–Crippen LogP) is 3.58. The molecule has 1 N–H and O–H groups in total. The summed E-state index contributed by atoms with van der Waals surface area (Å²) in [4.78, 5) is 15.8. The molecule has 0 aliphatic carbocycles. The van der Waals surface area contributed by atoms with E-state index in [2.05, 4.69) is 10.3 Å². The average molecular weight is 318 g/mol. The number of nitrogens with one attached hydrogen (secondary N) is 1. The minimum atomic E-state index is -0.411. The number of aromatic nitrogens is 1. The summed E-state index contributed by atoms with van der Waals surface area (Å²) in [7, 11) is 1.54. The van der Waals surface area contributed by atoms with E-state index in [1.165, 1.54) is 25.4 Å². The van der Waals surface area contributed by atoms with Crippen LogP contribution in [0.5, 0.6) is 5.75 Å². The van der Waals surface area contributed by atoms with Gasteiger partial charge in [0, 0.05) is 11.8 Å². The molecular weight excluding hydrogens is 299 g/mol. The van der Waals surface area contributed by atoms with Gasteiger partial charge in [0.15, 0.2) is 0 Å². The first kappa shape index (κ1) is 16.7. The van der Waals surface area contributed by atoms with Gasteiger partial charge in [0.25, 0.3) is 0 Å². The van der Waals surface area contributed by atoms with Crippen LogP contribution in [0.4, 0.5) is 10.2 Å². The maximum atomic E-state index is 13.4. The zero-order chi connectivity index (χ0) is 16.8. The predicted molar refractivity (Wildman–Crippen MR) is 85.2 cm³/mol. The molecule has 0 saturated heterocycles. The van der Waals surface area contributed by atoms with Crippen molar-refractivity contribution in [1.82, 2.24) is 4.98 Å². The van der Waals surface area contributed by atoms with Crippen LogP contribution in [0.2, 0.25) is 0 Å². The molecule has 0 unspecified atom stereocenters. The van der Waals surface area contributed by atoms with Crippen molar-refractivity contribution >= 4 is 11.8 Å². The Morgan fingerprint density at radius 2 is 2.13 bits per heavy atom. The van der Waals surface area contributed by atoms with Gasteiger partial charge in [-0.15, -0.1) is 0 Å². The summed E-state index contributed by atoms with van der Waals surface area (Å²) in [5, 5.41) is 3.15. The van der Waals surface area contributed by atoms with E-state index in [0.717, 1.165) is 0 Å². The summed E-state index contributed by atoms with van der Waals surface area (Å²) in [6.45, 7) is 3.93. The molecule has 1 aromatic heterocycles. The van der Waals surface area contributed by atoms with Gasteiger partial charge >= 0.3 is 5.97 Å². The van der Waals surface area contributed by atoms with Gasteiger partial charge in [-0.1, -0.05) is 0 Å². The van der Waals surface area contributed by atoms with Crippen molar-refractivity contribution in [2.24, 2.45) is 0 Å². The fraction of sp³-hybridized carbons (Fsp3) is 0.294. The lowest BCUT2D eigenvalue weighted by Crippen LogP contribution is -2.11. The molecule has 1 atom stereocenters. The van der Waals surface area contributed by atoms with Gasteiger partial charge in [-0.05, 0) is 44.2 Å². The molecular formula is C17H19FN2O3. The van der Waals surface area contributed by atoms with E-state index in [1.807, 2.05) is 6.92 Å². The van der Waals surface area contributed by atoms with E-state index < -0.39 is 5.97 Å². The normalized spacial score (nSPS) is 11.7. The Hall–Kier alpha value is -2.63. The third-order valence-electron chi connectivity index (χ3n) is 3.30. The lowest BCUT2D eigenvalue weighted by Gasteiger charge is -2.18. The highest BCUT2D eigenvalue weighted by atomic mass is 19.1. The number of benzene rings is 1. The van der Waals surface area contributed by atoms with E-state index in [-0.39, 0.29) is 11.9 Å². The number of halogens is 1.